The van der Waals surface area contributed by atoms with Crippen LogP contribution in [0.2, 0.25) is 0 Å². The van der Waals surface area contributed by atoms with Crippen molar-refractivity contribution in [1.82, 2.24) is 29.8 Å². The van der Waals surface area contributed by atoms with E-state index in [-0.39, 0.29) is 6.04 Å². The van der Waals surface area contributed by atoms with Crippen molar-refractivity contribution in [3.05, 3.63) is 36.9 Å². The highest BCUT2D eigenvalue weighted by Crippen LogP contribution is 2.35. The Morgan fingerprint density at radius 3 is 2.76 bits per heavy atom. The summed E-state index contributed by atoms with van der Waals surface area (Å²) in [6.07, 6.45) is 8.14. The molecule has 1 saturated carbocycles. The molecule has 4 heterocycles. The molecule has 34 heavy (non-hydrogen) atoms. The molecule has 6 rings (SSSR count). The number of ether oxygens (including phenoxy) is 1. The molecule has 4 aromatic rings. The van der Waals surface area contributed by atoms with E-state index in [9.17, 15) is 0 Å². The maximum absolute atomic E-state index is 6.26. The summed E-state index contributed by atoms with van der Waals surface area (Å²) in [6, 6.07) is 6.30. The van der Waals surface area contributed by atoms with Crippen molar-refractivity contribution in [3.63, 3.8) is 0 Å². The molecule has 0 amide bonds. The van der Waals surface area contributed by atoms with Gasteiger partial charge in [-0.3, -0.25) is 0 Å². The highest BCUT2D eigenvalue weighted by Gasteiger charge is 2.24. The van der Waals surface area contributed by atoms with E-state index in [1.807, 2.05) is 36.9 Å². The number of nitrogens with one attached hydrogen (secondary N) is 2. The summed E-state index contributed by atoms with van der Waals surface area (Å²) >= 11 is 0. The molecule has 0 spiro atoms. The normalized spacial score (nSPS) is 16.5. The molecule has 2 aliphatic rings. The summed E-state index contributed by atoms with van der Waals surface area (Å²) in [5.74, 6) is 2.73. The molecule has 9 heteroatoms. The summed E-state index contributed by atoms with van der Waals surface area (Å²) in [6.45, 7) is 8.87. The zero-order valence-corrected chi connectivity index (χ0v) is 19.7. The van der Waals surface area contributed by atoms with Crippen molar-refractivity contribution in [2.75, 3.05) is 43.0 Å². The lowest BCUT2D eigenvalue weighted by molar-refractivity contribution is 0.299. The first-order valence-corrected chi connectivity index (χ1v) is 12.1. The second-order valence-corrected chi connectivity index (χ2v) is 9.46. The Bertz CT molecular complexity index is 1320. The molecule has 9 nitrogen and oxygen atoms in total. The smallest absolute Gasteiger partial charge is 0.228 e. The number of aromatic nitrogens is 5. The van der Waals surface area contributed by atoms with Crippen LogP contribution in [-0.4, -0.2) is 57.3 Å². The Morgan fingerprint density at radius 1 is 1.12 bits per heavy atom. The lowest BCUT2D eigenvalue weighted by Crippen LogP contribution is -2.43. The van der Waals surface area contributed by atoms with Gasteiger partial charge in [-0.1, -0.05) is 0 Å². The number of rotatable bonds is 7. The third-order valence-electron chi connectivity index (χ3n) is 6.56. The van der Waals surface area contributed by atoms with Crippen molar-refractivity contribution >= 4 is 39.4 Å². The van der Waals surface area contributed by atoms with Crippen molar-refractivity contribution in [2.24, 2.45) is 5.92 Å². The maximum atomic E-state index is 6.26. The van der Waals surface area contributed by atoms with Gasteiger partial charge in [-0.2, -0.15) is 0 Å². The van der Waals surface area contributed by atoms with Gasteiger partial charge < -0.3 is 24.8 Å². The molecule has 0 radical (unpaired) electrons. The first-order chi connectivity index (χ1) is 16.7. The maximum Gasteiger partial charge on any atom is 0.228 e. The molecule has 1 saturated heterocycles. The van der Waals surface area contributed by atoms with E-state index in [0.717, 1.165) is 66.2 Å². The summed E-state index contributed by atoms with van der Waals surface area (Å²) in [7, 11) is 0. The average Bonchev–Trinajstić information content (AvgIpc) is 3.58. The fraction of sp³-hybridized carbons (Fsp3) is 0.440. The molecule has 1 aromatic carbocycles. The van der Waals surface area contributed by atoms with Gasteiger partial charge in [-0.05, 0) is 44.7 Å². The number of imidazole rings is 1. The molecule has 176 valence electrons. The van der Waals surface area contributed by atoms with E-state index < -0.39 is 0 Å². The van der Waals surface area contributed by atoms with Crippen LogP contribution in [0.1, 0.15) is 32.7 Å². The zero-order valence-electron chi connectivity index (χ0n) is 19.7. The largest absolute Gasteiger partial charge is 0.491 e. The molecule has 2 N–H and O–H groups in total. The van der Waals surface area contributed by atoms with Gasteiger partial charge in [0.25, 0.3) is 0 Å². The number of pyridine rings is 1. The molecule has 1 aliphatic heterocycles. The van der Waals surface area contributed by atoms with Crippen LogP contribution in [0.15, 0.2) is 36.9 Å². The van der Waals surface area contributed by atoms with Gasteiger partial charge in [0.1, 0.15) is 17.1 Å². The standard InChI is InChI=1S/C25H30N8O/c1-16(2)33-15-29-19-6-5-18-12-28-25(31-23(18)24(19)33)30-22-11-21(34-14-17-3-4-17)20(13-27-22)32-9-7-26-8-10-32/h5-6,11-13,15-17,26H,3-4,7-10,14H2,1-2H3,(H,27,28,30,31). The fourth-order valence-corrected chi connectivity index (χ4v) is 4.43. The van der Waals surface area contributed by atoms with E-state index in [2.05, 4.69) is 48.9 Å². The zero-order chi connectivity index (χ0) is 23.1. The Hall–Kier alpha value is -3.46. The van der Waals surface area contributed by atoms with Gasteiger partial charge in [0.15, 0.2) is 0 Å². The third kappa shape index (κ3) is 4.11. The molecule has 2 fully saturated rings. The minimum Gasteiger partial charge on any atom is -0.491 e. The van der Waals surface area contributed by atoms with E-state index in [1.165, 1.54) is 12.8 Å². The van der Waals surface area contributed by atoms with Crippen LogP contribution in [-0.2, 0) is 0 Å². The van der Waals surface area contributed by atoms with E-state index >= 15 is 0 Å². The Labute approximate surface area is 198 Å². The van der Waals surface area contributed by atoms with Crippen LogP contribution in [0.25, 0.3) is 21.9 Å². The lowest BCUT2D eigenvalue weighted by Gasteiger charge is -2.30. The second-order valence-electron chi connectivity index (χ2n) is 9.46. The number of benzene rings is 1. The SMILES string of the molecule is CC(C)n1cnc2ccc3cnc(Nc4cc(OCC5CC5)c(N5CCNCC5)cn4)nc3c21. The predicted octanol–water partition coefficient (Wildman–Crippen LogP) is 3.90. The first kappa shape index (κ1) is 21.1. The minimum atomic E-state index is 0.285. The average molecular weight is 459 g/mol. The van der Waals surface area contributed by atoms with Gasteiger partial charge in [-0.25, -0.2) is 19.9 Å². The molecule has 0 unspecified atom stereocenters. The van der Waals surface area contributed by atoms with Crippen molar-refractivity contribution in [2.45, 2.75) is 32.7 Å². The van der Waals surface area contributed by atoms with Crippen molar-refractivity contribution < 1.29 is 4.74 Å². The topological polar surface area (TPSA) is 93.0 Å². The summed E-state index contributed by atoms with van der Waals surface area (Å²) in [5.41, 5.74) is 3.88. The number of anilines is 3. The molecule has 0 atom stereocenters. The van der Waals surface area contributed by atoms with E-state index in [0.29, 0.717) is 17.7 Å². The van der Waals surface area contributed by atoms with Gasteiger partial charge >= 0.3 is 0 Å². The highest BCUT2D eigenvalue weighted by atomic mass is 16.5. The lowest BCUT2D eigenvalue weighted by atomic mass is 10.2. The first-order valence-electron chi connectivity index (χ1n) is 12.1. The quantitative estimate of drug-likeness (QED) is 0.431. The number of hydrogen-bond acceptors (Lipinski definition) is 8. The van der Waals surface area contributed by atoms with Crippen molar-refractivity contribution in [3.8, 4) is 5.75 Å². The Balaban J connectivity index is 1.33. The van der Waals surface area contributed by atoms with Gasteiger partial charge in [0.05, 0.1) is 35.9 Å². The predicted molar refractivity (Wildman–Crippen MR) is 134 cm³/mol. The van der Waals surface area contributed by atoms with Crippen LogP contribution in [0.3, 0.4) is 0 Å². The number of piperazine rings is 1. The third-order valence-corrected chi connectivity index (χ3v) is 6.56. The molecule has 3 aromatic heterocycles. The number of fused-ring (bicyclic) bond motifs is 3. The van der Waals surface area contributed by atoms with E-state index in [1.54, 1.807) is 0 Å². The van der Waals surface area contributed by atoms with Crippen LogP contribution in [0, 0.1) is 5.92 Å². The van der Waals surface area contributed by atoms with Crippen LogP contribution < -0.4 is 20.3 Å². The molecular formula is C25H30N8O. The van der Waals surface area contributed by atoms with E-state index in [4.69, 9.17) is 9.72 Å². The monoisotopic (exact) mass is 458 g/mol. The molecule has 1 aliphatic carbocycles. The summed E-state index contributed by atoms with van der Waals surface area (Å²) in [4.78, 5) is 21.0. The molecular weight excluding hydrogens is 428 g/mol. The highest BCUT2D eigenvalue weighted by molar-refractivity contribution is 6.02. The van der Waals surface area contributed by atoms with Crippen LogP contribution in [0.4, 0.5) is 17.5 Å². The minimum absolute atomic E-state index is 0.285. The fourth-order valence-electron chi connectivity index (χ4n) is 4.43. The summed E-state index contributed by atoms with van der Waals surface area (Å²) in [5, 5.41) is 7.69. The van der Waals surface area contributed by atoms with Gasteiger partial charge in [0, 0.05) is 49.9 Å². The summed E-state index contributed by atoms with van der Waals surface area (Å²) < 4.78 is 8.41. The Kier molecular flexibility index (Phi) is 5.41. The van der Waals surface area contributed by atoms with Gasteiger partial charge in [-0.15, -0.1) is 0 Å². The second kappa shape index (κ2) is 8.72. The number of hydrogen-bond donors (Lipinski definition) is 2. The molecule has 0 bridgehead atoms. The van der Waals surface area contributed by atoms with Crippen LogP contribution >= 0.6 is 0 Å². The van der Waals surface area contributed by atoms with Gasteiger partial charge in [0.2, 0.25) is 5.95 Å². The Morgan fingerprint density at radius 2 is 1.97 bits per heavy atom. The van der Waals surface area contributed by atoms with Crippen molar-refractivity contribution in [1.29, 1.82) is 0 Å². The van der Waals surface area contributed by atoms with Crippen LogP contribution in [0.5, 0.6) is 5.75 Å². The number of nitrogens with zero attached hydrogens (tertiary/aromatic N) is 6.